The van der Waals surface area contributed by atoms with Crippen LogP contribution in [-0.4, -0.2) is 17.7 Å². The number of ether oxygens (including phenoxy) is 1. The molecule has 0 radical (unpaired) electrons. The Bertz CT molecular complexity index is 804. The minimum absolute atomic E-state index is 0.133. The molecule has 4 heteroatoms. The van der Waals surface area contributed by atoms with Gasteiger partial charge in [-0.05, 0) is 19.4 Å². The molecule has 0 bridgehead atoms. The van der Waals surface area contributed by atoms with Crippen LogP contribution in [0, 0.1) is 6.92 Å². The van der Waals surface area contributed by atoms with E-state index in [-0.39, 0.29) is 12.4 Å². The van der Waals surface area contributed by atoms with Gasteiger partial charge in [0.1, 0.15) is 5.69 Å². The highest BCUT2D eigenvalue weighted by atomic mass is 16.6. The van der Waals surface area contributed by atoms with Gasteiger partial charge in [-0.25, -0.2) is 4.79 Å². The summed E-state index contributed by atoms with van der Waals surface area (Å²) >= 11 is 0. The van der Waals surface area contributed by atoms with Crippen LogP contribution in [0.5, 0.6) is 0 Å². The van der Waals surface area contributed by atoms with Crippen molar-refractivity contribution in [1.82, 2.24) is 5.16 Å². The van der Waals surface area contributed by atoms with E-state index >= 15 is 0 Å². The molecule has 0 aliphatic carbocycles. The number of benzene rings is 2. The molecule has 0 spiro atoms. The average Bonchev–Trinajstić information content (AvgIpc) is 3.01. The first-order chi connectivity index (χ1) is 11.2. The fraction of sp³-hybridized carbons (Fsp3) is 0.158. The van der Waals surface area contributed by atoms with Crippen molar-refractivity contribution >= 4 is 5.97 Å². The molecule has 2 aromatic carbocycles. The molecule has 0 amide bonds. The SMILES string of the molecule is CCOC(=O)c1onc(-c2ccc(C)cc2)c1-c1ccccc1. The summed E-state index contributed by atoms with van der Waals surface area (Å²) in [6.07, 6.45) is 0. The summed E-state index contributed by atoms with van der Waals surface area (Å²) in [6.45, 7) is 4.07. The Labute approximate surface area is 134 Å². The molecule has 0 unspecified atom stereocenters. The second kappa shape index (κ2) is 6.48. The van der Waals surface area contributed by atoms with E-state index in [9.17, 15) is 4.79 Å². The molecule has 3 rings (SSSR count). The van der Waals surface area contributed by atoms with E-state index in [1.54, 1.807) is 6.92 Å². The molecule has 0 atom stereocenters. The summed E-state index contributed by atoms with van der Waals surface area (Å²) in [5, 5.41) is 4.12. The number of carbonyl (C=O) groups is 1. The number of aryl methyl sites for hydroxylation is 1. The van der Waals surface area contributed by atoms with E-state index in [2.05, 4.69) is 5.16 Å². The van der Waals surface area contributed by atoms with Crippen LogP contribution >= 0.6 is 0 Å². The summed E-state index contributed by atoms with van der Waals surface area (Å²) < 4.78 is 10.4. The minimum atomic E-state index is -0.503. The third-order valence-electron chi connectivity index (χ3n) is 3.54. The first kappa shape index (κ1) is 15.0. The van der Waals surface area contributed by atoms with Gasteiger partial charge in [0, 0.05) is 5.56 Å². The number of esters is 1. The van der Waals surface area contributed by atoms with Gasteiger partial charge in [-0.2, -0.15) is 0 Å². The monoisotopic (exact) mass is 307 g/mol. The molecular weight excluding hydrogens is 290 g/mol. The van der Waals surface area contributed by atoms with E-state index in [4.69, 9.17) is 9.26 Å². The molecule has 0 aliphatic heterocycles. The van der Waals surface area contributed by atoms with Gasteiger partial charge in [-0.3, -0.25) is 0 Å². The van der Waals surface area contributed by atoms with Crippen molar-refractivity contribution in [2.45, 2.75) is 13.8 Å². The average molecular weight is 307 g/mol. The molecule has 0 fully saturated rings. The lowest BCUT2D eigenvalue weighted by molar-refractivity contribution is 0.0481. The minimum Gasteiger partial charge on any atom is -0.460 e. The molecule has 3 aromatic rings. The Morgan fingerprint density at radius 1 is 1.04 bits per heavy atom. The second-order valence-electron chi connectivity index (χ2n) is 5.19. The van der Waals surface area contributed by atoms with Crippen LogP contribution < -0.4 is 0 Å². The van der Waals surface area contributed by atoms with Gasteiger partial charge in [-0.15, -0.1) is 0 Å². The maximum Gasteiger partial charge on any atom is 0.377 e. The Hall–Kier alpha value is -2.88. The molecule has 1 aromatic heterocycles. The third-order valence-corrected chi connectivity index (χ3v) is 3.54. The van der Waals surface area contributed by atoms with E-state index in [1.165, 1.54) is 0 Å². The summed E-state index contributed by atoms with van der Waals surface area (Å²) in [6, 6.07) is 17.5. The zero-order chi connectivity index (χ0) is 16.2. The molecule has 1 heterocycles. The number of carbonyl (C=O) groups excluding carboxylic acids is 1. The van der Waals surface area contributed by atoms with Crippen LogP contribution in [0.25, 0.3) is 22.4 Å². The Morgan fingerprint density at radius 2 is 1.74 bits per heavy atom. The molecule has 0 aliphatic rings. The van der Waals surface area contributed by atoms with Crippen LogP contribution in [0.3, 0.4) is 0 Å². The van der Waals surface area contributed by atoms with Crippen LogP contribution in [0.1, 0.15) is 23.0 Å². The van der Waals surface area contributed by atoms with Crippen molar-refractivity contribution in [2.75, 3.05) is 6.61 Å². The summed E-state index contributed by atoms with van der Waals surface area (Å²) in [7, 11) is 0. The van der Waals surface area contributed by atoms with Crippen molar-refractivity contribution in [3.05, 3.63) is 65.9 Å². The van der Waals surface area contributed by atoms with Gasteiger partial charge >= 0.3 is 5.97 Å². The highest BCUT2D eigenvalue weighted by molar-refractivity contribution is 5.98. The van der Waals surface area contributed by atoms with Gasteiger partial charge in [-0.1, -0.05) is 65.3 Å². The number of hydrogen-bond acceptors (Lipinski definition) is 4. The van der Waals surface area contributed by atoms with E-state index in [0.717, 1.165) is 16.7 Å². The topological polar surface area (TPSA) is 52.3 Å². The zero-order valence-corrected chi connectivity index (χ0v) is 13.1. The Balaban J connectivity index is 2.17. The molecule has 0 saturated heterocycles. The lowest BCUT2D eigenvalue weighted by Gasteiger charge is -2.05. The van der Waals surface area contributed by atoms with Crippen LogP contribution in [-0.2, 0) is 4.74 Å². The Morgan fingerprint density at radius 3 is 2.39 bits per heavy atom. The standard InChI is InChI=1S/C19H17NO3/c1-3-22-19(21)18-16(14-7-5-4-6-8-14)17(20-23-18)15-11-9-13(2)10-12-15/h4-12H,3H2,1-2H3. The molecule has 0 N–H and O–H groups in total. The fourth-order valence-electron chi connectivity index (χ4n) is 2.41. The van der Waals surface area contributed by atoms with Crippen molar-refractivity contribution in [3.63, 3.8) is 0 Å². The lowest BCUT2D eigenvalue weighted by Crippen LogP contribution is -2.04. The van der Waals surface area contributed by atoms with Gasteiger partial charge in [0.05, 0.1) is 12.2 Å². The molecular formula is C19H17NO3. The van der Waals surface area contributed by atoms with E-state index in [0.29, 0.717) is 11.3 Å². The first-order valence-corrected chi connectivity index (χ1v) is 7.50. The summed E-state index contributed by atoms with van der Waals surface area (Å²) in [4.78, 5) is 12.2. The van der Waals surface area contributed by atoms with Crippen molar-refractivity contribution in [3.8, 4) is 22.4 Å². The highest BCUT2D eigenvalue weighted by Gasteiger charge is 2.25. The van der Waals surface area contributed by atoms with Crippen molar-refractivity contribution in [1.29, 1.82) is 0 Å². The van der Waals surface area contributed by atoms with Crippen LogP contribution in [0.15, 0.2) is 59.1 Å². The second-order valence-corrected chi connectivity index (χ2v) is 5.19. The van der Waals surface area contributed by atoms with E-state index < -0.39 is 5.97 Å². The van der Waals surface area contributed by atoms with Gasteiger partial charge in [0.2, 0.25) is 0 Å². The first-order valence-electron chi connectivity index (χ1n) is 7.50. The number of nitrogens with zero attached hydrogens (tertiary/aromatic N) is 1. The predicted molar refractivity (Wildman–Crippen MR) is 88.1 cm³/mol. The van der Waals surface area contributed by atoms with Crippen LogP contribution in [0.4, 0.5) is 0 Å². The predicted octanol–water partition coefficient (Wildman–Crippen LogP) is 4.49. The summed E-state index contributed by atoms with van der Waals surface area (Å²) in [5.41, 5.74) is 4.22. The number of rotatable bonds is 4. The highest BCUT2D eigenvalue weighted by Crippen LogP contribution is 2.35. The molecule has 116 valence electrons. The molecule has 0 saturated carbocycles. The van der Waals surface area contributed by atoms with E-state index in [1.807, 2.05) is 61.5 Å². The Kier molecular flexibility index (Phi) is 4.24. The quantitative estimate of drug-likeness (QED) is 0.666. The number of aromatic nitrogens is 1. The fourth-order valence-corrected chi connectivity index (χ4v) is 2.41. The largest absolute Gasteiger partial charge is 0.460 e. The maximum atomic E-state index is 12.2. The van der Waals surface area contributed by atoms with Crippen LogP contribution in [0.2, 0.25) is 0 Å². The molecule has 4 nitrogen and oxygen atoms in total. The van der Waals surface area contributed by atoms with Crippen molar-refractivity contribution < 1.29 is 14.1 Å². The number of hydrogen-bond donors (Lipinski definition) is 0. The smallest absolute Gasteiger partial charge is 0.377 e. The van der Waals surface area contributed by atoms with Gasteiger partial charge in [0.25, 0.3) is 5.76 Å². The van der Waals surface area contributed by atoms with Gasteiger partial charge in [0.15, 0.2) is 0 Å². The van der Waals surface area contributed by atoms with Crippen molar-refractivity contribution in [2.24, 2.45) is 0 Å². The maximum absolute atomic E-state index is 12.2. The lowest BCUT2D eigenvalue weighted by atomic mass is 9.98. The zero-order valence-electron chi connectivity index (χ0n) is 13.1. The summed E-state index contributed by atoms with van der Waals surface area (Å²) in [5.74, 6) is -0.370. The van der Waals surface area contributed by atoms with Gasteiger partial charge < -0.3 is 9.26 Å². The normalized spacial score (nSPS) is 10.5. The molecule has 23 heavy (non-hydrogen) atoms. The third kappa shape index (κ3) is 3.01.